The van der Waals surface area contributed by atoms with Crippen molar-refractivity contribution in [2.24, 2.45) is 5.92 Å². The average molecular weight is 522 g/mol. The Bertz CT molecular complexity index is 1110. The molecule has 0 heterocycles. The number of carbonyl (C=O) groups is 1. The lowest BCUT2D eigenvalue weighted by Gasteiger charge is -2.29. The number of non-ortho nitro benzene ring substituents is 1. The van der Waals surface area contributed by atoms with Gasteiger partial charge in [0, 0.05) is 18.7 Å². The largest absolute Gasteiger partial charge is 0.444 e. The van der Waals surface area contributed by atoms with E-state index in [2.05, 4.69) is 10.6 Å². The topological polar surface area (TPSA) is 148 Å². The zero-order valence-electron chi connectivity index (χ0n) is 21.2. The molecule has 0 fully saturated rings. The van der Waals surface area contributed by atoms with Gasteiger partial charge in [-0.1, -0.05) is 44.2 Å². The minimum absolute atomic E-state index is 0.0681. The van der Waals surface area contributed by atoms with Gasteiger partial charge in [-0.15, -0.1) is 0 Å². The van der Waals surface area contributed by atoms with Gasteiger partial charge in [-0.25, -0.2) is 13.2 Å². The second kappa shape index (κ2) is 12.3. The number of nitro benzene ring substituents is 1. The molecule has 0 spiro atoms. The van der Waals surface area contributed by atoms with Crippen LogP contribution in [-0.2, 0) is 21.0 Å². The number of hydrogen-bond donors (Lipinski definition) is 3. The number of benzene rings is 2. The number of rotatable bonds is 11. The average Bonchev–Trinajstić information content (AvgIpc) is 2.77. The van der Waals surface area contributed by atoms with Gasteiger partial charge in [0.25, 0.3) is 5.69 Å². The highest BCUT2D eigenvalue weighted by atomic mass is 32.2. The summed E-state index contributed by atoms with van der Waals surface area (Å²) in [5.74, 6) is -0.385. The van der Waals surface area contributed by atoms with Gasteiger partial charge in [-0.3, -0.25) is 15.4 Å². The van der Waals surface area contributed by atoms with Crippen LogP contribution in [0.4, 0.5) is 10.5 Å². The first-order valence-electron chi connectivity index (χ1n) is 11.6. The highest BCUT2D eigenvalue weighted by Crippen LogP contribution is 2.23. The van der Waals surface area contributed by atoms with E-state index in [9.17, 15) is 28.4 Å². The van der Waals surface area contributed by atoms with Crippen molar-refractivity contribution in [1.29, 1.82) is 0 Å². The van der Waals surface area contributed by atoms with Crippen molar-refractivity contribution in [3.63, 3.8) is 0 Å². The van der Waals surface area contributed by atoms with Gasteiger partial charge >= 0.3 is 6.09 Å². The summed E-state index contributed by atoms with van der Waals surface area (Å²) in [7, 11) is -3.93. The number of alkyl carbamates (subject to hydrolysis) is 1. The van der Waals surface area contributed by atoms with Crippen LogP contribution >= 0.6 is 0 Å². The number of aliphatic hydroxyl groups is 1. The molecule has 1 amide bonds. The monoisotopic (exact) mass is 521 g/mol. The molecular weight excluding hydrogens is 486 g/mol. The molecule has 0 saturated carbocycles. The van der Waals surface area contributed by atoms with E-state index in [-0.39, 0.29) is 23.0 Å². The first kappa shape index (κ1) is 29.2. The van der Waals surface area contributed by atoms with Crippen molar-refractivity contribution in [3.05, 3.63) is 70.3 Å². The van der Waals surface area contributed by atoms with Crippen molar-refractivity contribution in [2.75, 3.05) is 6.54 Å². The summed E-state index contributed by atoms with van der Waals surface area (Å²) < 4.78 is 31.9. The number of carbonyl (C=O) groups excluding carboxylic acids is 1. The molecule has 11 heteroatoms. The molecule has 198 valence electrons. The van der Waals surface area contributed by atoms with Crippen molar-refractivity contribution < 1.29 is 28.0 Å². The molecule has 0 aromatic heterocycles. The van der Waals surface area contributed by atoms with E-state index in [1.165, 1.54) is 12.1 Å². The fourth-order valence-corrected chi connectivity index (χ4v) is 5.44. The van der Waals surface area contributed by atoms with Crippen LogP contribution in [0.15, 0.2) is 59.5 Å². The number of hydrogen-bond acceptors (Lipinski definition) is 8. The fraction of sp³-hybridized carbons (Fsp3) is 0.480. The Morgan fingerprint density at radius 2 is 1.67 bits per heavy atom. The Labute approximate surface area is 212 Å². The Kier molecular flexibility index (Phi) is 9.97. The van der Waals surface area contributed by atoms with E-state index < -0.39 is 44.0 Å². The number of nitrogens with zero attached hydrogens (tertiary/aromatic N) is 1. The predicted octanol–water partition coefficient (Wildman–Crippen LogP) is 3.44. The highest BCUT2D eigenvalue weighted by molar-refractivity contribution is 7.92. The highest BCUT2D eigenvalue weighted by Gasteiger charge is 2.32. The summed E-state index contributed by atoms with van der Waals surface area (Å²) in [6, 6.07) is 13.2. The van der Waals surface area contributed by atoms with Gasteiger partial charge in [0.1, 0.15) is 11.0 Å². The van der Waals surface area contributed by atoms with Crippen LogP contribution in [0.1, 0.15) is 40.2 Å². The molecule has 1 unspecified atom stereocenters. The zero-order chi connectivity index (χ0) is 27.1. The van der Waals surface area contributed by atoms with Gasteiger partial charge in [0.05, 0.1) is 22.0 Å². The molecule has 0 bridgehead atoms. The summed E-state index contributed by atoms with van der Waals surface area (Å²) in [4.78, 5) is 22.7. The number of nitrogens with one attached hydrogen (secondary N) is 2. The van der Waals surface area contributed by atoms with E-state index in [0.717, 1.165) is 17.7 Å². The fourth-order valence-electron chi connectivity index (χ4n) is 3.60. The molecule has 3 N–H and O–H groups in total. The molecule has 0 radical (unpaired) electrons. The quantitative estimate of drug-likeness (QED) is 0.301. The van der Waals surface area contributed by atoms with Crippen molar-refractivity contribution in [1.82, 2.24) is 10.6 Å². The number of sulfone groups is 1. The predicted molar refractivity (Wildman–Crippen MR) is 136 cm³/mol. The second-order valence-electron chi connectivity index (χ2n) is 9.88. The number of nitro groups is 1. The van der Waals surface area contributed by atoms with Gasteiger partial charge < -0.3 is 15.2 Å². The lowest BCUT2D eigenvalue weighted by Crippen LogP contribution is -2.52. The minimum Gasteiger partial charge on any atom is -0.444 e. The third-order valence-corrected chi connectivity index (χ3v) is 7.62. The van der Waals surface area contributed by atoms with Crippen molar-refractivity contribution >= 4 is 21.6 Å². The lowest BCUT2D eigenvalue weighted by molar-refractivity contribution is -0.384. The standard InChI is InChI=1S/C25H35N3O7S/c1-17(2)23(36(33,34)20-13-11-19(12-14-20)28(31)32)26-16-22(29)21(15-18-9-7-6-8-10-18)27-24(30)35-25(3,4)5/h6-14,17,21-23,26,29H,15-16H2,1-5H3,(H,27,30)/t21-,22+,23?/m0/s1. The third-order valence-electron chi connectivity index (χ3n) is 5.31. The molecule has 36 heavy (non-hydrogen) atoms. The van der Waals surface area contributed by atoms with Crippen LogP contribution in [0.3, 0.4) is 0 Å². The first-order chi connectivity index (χ1) is 16.7. The number of ether oxygens (including phenoxy) is 1. The van der Waals surface area contributed by atoms with Crippen LogP contribution < -0.4 is 10.6 Å². The Morgan fingerprint density at radius 1 is 1.08 bits per heavy atom. The van der Waals surface area contributed by atoms with Crippen molar-refractivity contribution in [2.45, 2.75) is 69.1 Å². The molecule has 10 nitrogen and oxygen atoms in total. The van der Waals surface area contributed by atoms with Crippen LogP contribution in [0.5, 0.6) is 0 Å². The Morgan fingerprint density at radius 3 is 2.17 bits per heavy atom. The van der Waals surface area contributed by atoms with E-state index in [4.69, 9.17) is 4.74 Å². The van der Waals surface area contributed by atoms with Crippen LogP contribution in [-0.4, -0.2) is 54.2 Å². The first-order valence-corrected chi connectivity index (χ1v) is 13.2. The normalized spacial score (nSPS) is 14.6. The van der Waals surface area contributed by atoms with Gasteiger partial charge in [0.2, 0.25) is 0 Å². The van der Waals surface area contributed by atoms with Crippen molar-refractivity contribution in [3.8, 4) is 0 Å². The van der Waals surface area contributed by atoms with Gasteiger partial charge in [-0.05, 0) is 50.8 Å². The zero-order valence-corrected chi connectivity index (χ0v) is 22.0. The maximum absolute atomic E-state index is 13.3. The molecular formula is C25H35N3O7S. The summed E-state index contributed by atoms with van der Waals surface area (Å²) in [6.45, 7) is 8.48. The van der Waals surface area contributed by atoms with Gasteiger partial charge in [-0.2, -0.15) is 0 Å². The molecule has 3 atom stereocenters. The van der Waals surface area contributed by atoms with E-state index in [0.29, 0.717) is 6.42 Å². The van der Waals surface area contributed by atoms with E-state index in [1.54, 1.807) is 34.6 Å². The maximum atomic E-state index is 13.3. The molecule has 0 aliphatic carbocycles. The van der Waals surface area contributed by atoms with Gasteiger partial charge in [0.15, 0.2) is 9.84 Å². The molecule has 2 aromatic carbocycles. The van der Waals surface area contributed by atoms with Crippen LogP contribution in [0.25, 0.3) is 0 Å². The smallest absolute Gasteiger partial charge is 0.407 e. The lowest BCUT2D eigenvalue weighted by atomic mass is 10.0. The summed E-state index contributed by atoms with van der Waals surface area (Å²) >= 11 is 0. The maximum Gasteiger partial charge on any atom is 0.407 e. The third kappa shape index (κ3) is 8.58. The molecule has 2 aromatic rings. The summed E-state index contributed by atoms with van der Waals surface area (Å²) in [5.41, 5.74) is -0.0708. The van der Waals surface area contributed by atoms with Crippen LogP contribution in [0, 0.1) is 16.0 Å². The van der Waals surface area contributed by atoms with E-state index >= 15 is 0 Å². The number of aliphatic hydroxyl groups excluding tert-OH is 1. The number of amides is 1. The summed E-state index contributed by atoms with van der Waals surface area (Å²) in [6.07, 6.45) is -1.54. The minimum atomic E-state index is -3.93. The molecule has 0 aliphatic heterocycles. The molecule has 2 rings (SSSR count). The molecule has 0 saturated heterocycles. The Hall–Kier alpha value is -3.02. The second-order valence-corrected chi connectivity index (χ2v) is 11.9. The van der Waals surface area contributed by atoms with E-state index in [1.807, 2.05) is 30.3 Å². The Balaban J connectivity index is 2.20. The summed E-state index contributed by atoms with van der Waals surface area (Å²) in [5, 5.41) is 26.4. The molecule has 0 aliphatic rings. The SMILES string of the molecule is CC(C)C(NC[C@@H](O)[C@H](Cc1ccccc1)NC(=O)OC(C)(C)C)S(=O)(=O)c1ccc([N+](=O)[O-])cc1. The van der Waals surface area contributed by atoms with Crippen LogP contribution in [0.2, 0.25) is 0 Å².